The molecule has 0 aliphatic carbocycles. The Kier molecular flexibility index (Phi) is 3.55. The van der Waals surface area contributed by atoms with Gasteiger partial charge in [0.2, 0.25) is 5.82 Å². The van der Waals surface area contributed by atoms with Crippen LogP contribution in [0.3, 0.4) is 0 Å². The van der Waals surface area contributed by atoms with Gasteiger partial charge in [-0.05, 0) is 6.07 Å². The maximum atomic E-state index is 13.0. The van der Waals surface area contributed by atoms with E-state index in [-0.39, 0.29) is 28.4 Å². The van der Waals surface area contributed by atoms with Gasteiger partial charge in [0.25, 0.3) is 5.69 Å². The van der Waals surface area contributed by atoms with E-state index < -0.39 is 16.9 Å². The highest BCUT2D eigenvalue weighted by atomic mass is 19.4. The van der Waals surface area contributed by atoms with Gasteiger partial charge >= 0.3 is 6.18 Å². The summed E-state index contributed by atoms with van der Waals surface area (Å²) in [4.78, 5) is 21.4. The van der Waals surface area contributed by atoms with Crippen molar-refractivity contribution >= 4 is 22.7 Å². The zero-order valence-electron chi connectivity index (χ0n) is 12.1. The van der Waals surface area contributed by atoms with E-state index in [1.807, 2.05) is 0 Å². The van der Waals surface area contributed by atoms with Crippen LogP contribution >= 0.6 is 0 Å². The number of nitrogens with one attached hydrogen (secondary N) is 1. The second kappa shape index (κ2) is 5.44. The Hall–Kier alpha value is -3.24. The van der Waals surface area contributed by atoms with Crippen LogP contribution in [0, 0.1) is 10.1 Å². The van der Waals surface area contributed by atoms with Crippen LogP contribution in [0.4, 0.5) is 24.7 Å². The lowest BCUT2D eigenvalue weighted by Crippen LogP contribution is -2.13. The zero-order chi connectivity index (χ0) is 17.5. The number of nitro benzene ring substituents is 1. The average Bonchev–Trinajstić information content (AvgIpc) is 2.96. The van der Waals surface area contributed by atoms with Crippen LogP contribution in [0.15, 0.2) is 30.6 Å². The highest BCUT2D eigenvalue weighted by molar-refractivity contribution is 5.84. The molecule has 1 N–H and O–H groups in total. The second-order valence-corrected chi connectivity index (χ2v) is 4.68. The minimum absolute atomic E-state index is 0.0545. The van der Waals surface area contributed by atoms with E-state index in [2.05, 4.69) is 20.3 Å². The molecule has 0 saturated carbocycles. The number of imidazole rings is 1. The van der Waals surface area contributed by atoms with Gasteiger partial charge in [0, 0.05) is 13.1 Å². The standard InChI is InChI=1S/C13H9F3N6O2/c1-17-10-9-11(20-12(19-10)13(14,15)16)21(6-18-9)7-4-2-3-5-8(7)22(23)24/h2-6H,1H3,(H,17,19,20). The predicted molar refractivity (Wildman–Crippen MR) is 77.9 cm³/mol. The smallest absolute Gasteiger partial charge is 0.371 e. The van der Waals surface area contributed by atoms with Gasteiger partial charge in [-0.2, -0.15) is 13.2 Å². The quantitative estimate of drug-likeness (QED) is 0.582. The molecule has 0 bridgehead atoms. The molecule has 124 valence electrons. The maximum Gasteiger partial charge on any atom is 0.451 e. The summed E-state index contributed by atoms with van der Waals surface area (Å²) in [5.41, 5.74) is -0.339. The van der Waals surface area contributed by atoms with Crippen LogP contribution < -0.4 is 5.32 Å². The molecule has 11 heteroatoms. The number of aromatic nitrogens is 4. The Labute approximate surface area is 132 Å². The van der Waals surface area contributed by atoms with Crippen LogP contribution in [0.2, 0.25) is 0 Å². The topological polar surface area (TPSA) is 98.8 Å². The van der Waals surface area contributed by atoms with Crippen LogP contribution in [-0.4, -0.2) is 31.5 Å². The highest BCUT2D eigenvalue weighted by Gasteiger charge is 2.36. The van der Waals surface area contributed by atoms with Gasteiger partial charge in [-0.1, -0.05) is 12.1 Å². The van der Waals surface area contributed by atoms with Gasteiger partial charge in [0.05, 0.1) is 4.92 Å². The van der Waals surface area contributed by atoms with E-state index in [1.54, 1.807) is 0 Å². The van der Waals surface area contributed by atoms with Gasteiger partial charge in [-0.15, -0.1) is 0 Å². The molecule has 0 radical (unpaired) electrons. The Morgan fingerprint density at radius 2 is 1.96 bits per heavy atom. The molecule has 0 spiro atoms. The largest absolute Gasteiger partial charge is 0.451 e. The van der Waals surface area contributed by atoms with Crippen molar-refractivity contribution in [3.8, 4) is 5.69 Å². The summed E-state index contributed by atoms with van der Waals surface area (Å²) in [6.07, 6.45) is -3.60. The molecule has 0 saturated heterocycles. The number of para-hydroxylation sites is 2. The van der Waals surface area contributed by atoms with Crippen LogP contribution in [-0.2, 0) is 6.18 Å². The number of benzene rings is 1. The third-order valence-electron chi connectivity index (χ3n) is 3.22. The number of fused-ring (bicyclic) bond motifs is 1. The minimum atomic E-state index is -4.77. The first kappa shape index (κ1) is 15.6. The van der Waals surface area contributed by atoms with Gasteiger partial charge < -0.3 is 5.32 Å². The van der Waals surface area contributed by atoms with Crippen molar-refractivity contribution in [1.29, 1.82) is 0 Å². The van der Waals surface area contributed by atoms with Crippen molar-refractivity contribution in [3.05, 3.63) is 46.5 Å². The summed E-state index contributed by atoms with van der Waals surface area (Å²) in [6, 6.07) is 5.62. The molecule has 8 nitrogen and oxygen atoms in total. The Bertz CT molecular complexity index is 937. The average molecular weight is 338 g/mol. The molecule has 0 aliphatic rings. The first-order valence-electron chi connectivity index (χ1n) is 6.56. The number of hydrogen-bond donors (Lipinski definition) is 1. The third kappa shape index (κ3) is 2.49. The molecule has 0 aliphatic heterocycles. The molecular formula is C13H9F3N6O2. The fourth-order valence-electron chi connectivity index (χ4n) is 2.20. The number of nitrogens with zero attached hydrogens (tertiary/aromatic N) is 5. The second-order valence-electron chi connectivity index (χ2n) is 4.68. The first-order chi connectivity index (χ1) is 11.3. The first-order valence-corrected chi connectivity index (χ1v) is 6.56. The van der Waals surface area contributed by atoms with Crippen molar-refractivity contribution in [2.75, 3.05) is 12.4 Å². The number of nitro groups is 1. The monoisotopic (exact) mass is 338 g/mol. The Balaban J connectivity index is 2.33. The number of rotatable bonds is 3. The van der Waals surface area contributed by atoms with Crippen molar-refractivity contribution in [2.24, 2.45) is 0 Å². The molecule has 1 aromatic carbocycles. The molecule has 0 atom stereocenters. The van der Waals surface area contributed by atoms with E-state index >= 15 is 0 Å². The van der Waals surface area contributed by atoms with Gasteiger partial charge in [0.1, 0.15) is 12.0 Å². The number of alkyl halides is 3. The molecule has 2 aromatic heterocycles. The molecule has 3 aromatic rings. The van der Waals surface area contributed by atoms with Crippen LogP contribution in [0.1, 0.15) is 5.82 Å². The van der Waals surface area contributed by atoms with E-state index in [4.69, 9.17) is 0 Å². The molecule has 0 unspecified atom stereocenters. The fraction of sp³-hybridized carbons (Fsp3) is 0.154. The van der Waals surface area contributed by atoms with E-state index in [0.717, 1.165) is 4.57 Å². The van der Waals surface area contributed by atoms with Gasteiger partial charge in [-0.3, -0.25) is 14.7 Å². The van der Waals surface area contributed by atoms with E-state index in [9.17, 15) is 23.3 Å². The molecular weight excluding hydrogens is 329 g/mol. The zero-order valence-corrected chi connectivity index (χ0v) is 12.1. The van der Waals surface area contributed by atoms with Crippen molar-refractivity contribution in [2.45, 2.75) is 6.18 Å². The normalized spacial score (nSPS) is 11.7. The molecule has 0 amide bonds. The summed E-state index contributed by atoms with van der Waals surface area (Å²) >= 11 is 0. The SMILES string of the molecule is CNc1nc(C(F)(F)F)nc2c1ncn2-c1ccccc1[N+](=O)[O-]. The van der Waals surface area contributed by atoms with Gasteiger partial charge in [0.15, 0.2) is 17.0 Å². The molecule has 2 heterocycles. The Morgan fingerprint density at radius 3 is 2.58 bits per heavy atom. The lowest BCUT2D eigenvalue weighted by atomic mass is 10.2. The van der Waals surface area contributed by atoms with Crippen LogP contribution in [0.5, 0.6) is 0 Å². The highest BCUT2D eigenvalue weighted by Crippen LogP contribution is 2.32. The van der Waals surface area contributed by atoms with E-state index in [0.29, 0.717) is 0 Å². The molecule has 3 rings (SSSR count). The lowest BCUT2D eigenvalue weighted by molar-refractivity contribution is -0.384. The minimum Gasteiger partial charge on any atom is -0.371 e. The Morgan fingerprint density at radius 1 is 1.25 bits per heavy atom. The number of halogens is 3. The third-order valence-corrected chi connectivity index (χ3v) is 3.22. The van der Waals surface area contributed by atoms with Gasteiger partial charge in [-0.25, -0.2) is 15.0 Å². The van der Waals surface area contributed by atoms with Crippen LogP contribution in [0.25, 0.3) is 16.9 Å². The fourth-order valence-corrected chi connectivity index (χ4v) is 2.20. The van der Waals surface area contributed by atoms with Crippen molar-refractivity contribution in [1.82, 2.24) is 19.5 Å². The molecule has 0 fully saturated rings. The summed E-state index contributed by atoms with van der Waals surface area (Å²) < 4.78 is 40.1. The lowest BCUT2D eigenvalue weighted by Gasteiger charge is -2.09. The molecule has 24 heavy (non-hydrogen) atoms. The number of anilines is 1. The summed E-state index contributed by atoms with van der Waals surface area (Å²) in [7, 11) is 1.39. The predicted octanol–water partition coefficient (Wildman–Crippen LogP) is 2.78. The van der Waals surface area contributed by atoms with Crippen molar-refractivity contribution in [3.63, 3.8) is 0 Å². The maximum absolute atomic E-state index is 13.0. The van der Waals surface area contributed by atoms with E-state index in [1.165, 1.54) is 37.6 Å². The summed E-state index contributed by atoms with van der Waals surface area (Å²) in [5.74, 6) is -1.48. The summed E-state index contributed by atoms with van der Waals surface area (Å²) in [6.45, 7) is 0. The van der Waals surface area contributed by atoms with Crippen molar-refractivity contribution < 1.29 is 18.1 Å². The summed E-state index contributed by atoms with van der Waals surface area (Å²) in [5, 5.41) is 13.7. The number of hydrogen-bond acceptors (Lipinski definition) is 6.